The Hall–Kier alpha value is -2.91. The highest BCUT2D eigenvalue weighted by molar-refractivity contribution is 7.21. The number of anilines is 2. The van der Waals surface area contributed by atoms with E-state index in [1.54, 1.807) is 0 Å². The molecule has 1 aliphatic heterocycles. The van der Waals surface area contributed by atoms with Gasteiger partial charge in [-0.25, -0.2) is 9.97 Å². The quantitative estimate of drug-likeness (QED) is 0.627. The molecule has 4 rings (SSSR count). The molecule has 0 aliphatic carbocycles. The molecule has 0 spiro atoms. The number of likely N-dealkylation sites (N-methyl/N-ethyl adjacent to an activating group) is 1. The first-order valence-electron chi connectivity index (χ1n) is 10.4. The molecule has 1 saturated heterocycles. The van der Waals surface area contributed by atoms with Crippen LogP contribution in [0.25, 0.3) is 21.5 Å². The second-order valence-electron chi connectivity index (χ2n) is 8.17. The van der Waals surface area contributed by atoms with Crippen molar-refractivity contribution in [3.63, 3.8) is 0 Å². The second kappa shape index (κ2) is 8.32. The number of aromatic nitrogens is 2. The smallest absolute Gasteiger partial charge is 0.259 e. The van der Waals surface area contributed by atoms with E-state index < -0.39 is 5.91 Å². The van der Waals surface area contributed by atoms with Gasteiger partial charge in [-0.1, -0.05) is 0 Å². The maximum atomic E-state index is 11.9. The number of ether oxygens (including phenoxy) is 1. The van der Waals surface area contributed by atoms with Crippen LogP contribution in [-0.4, -0.2) is 60.1 Å². The van der Waals surface area contributed by atoms with Crippen LogP contribution in [0, 0.1) is 6.92 Å². The fourth-order valence-corrected chi connectivity index (χ4v) is 4.94. The molecule has 2 aromatic heterocycles. The third-order valence-corrected chi connectivity index (χ3v) is 6.76. The highest BCUT2D eigenvalue weighted by Crippen LogP contribution is 2.41. The molecule has 0 bridgehead atoms. The van der Waals surface area contributed by atoms with Crippen molar-refractivity contribution in [2.24, 2.45) is 5.73 Å². The van der Waals surface area contributed by atoms with Gasteiger partial charge in [-0.2, -0.15) is 0 Å². The molecule has 31 heavy (non-hydrogen) atoms. The first kappa shape index (κ1) is 21.3. The minimum absolute atomic E-state index is 0.0117. The number of piperazine rings is 1. The van der Waals surface area contributed by atoms with E-state index in [1.165, 1.54) is 11.3 Å². The van der Waals surface area contributed by atoms with E-state index in [2.05, 4.69) is 38.9 Å². The number of nitrogen functional groups attached to an aromatic ring is 1. The number of hydrogen-bond donors (Lipinski definition) is 2. The maximum Gasteiger partial charge on any atom is 0.259 e. The van der Waals surface area contributed by atoms with Crippen LogP contribution < -0.4 is 21.1 Å². The van der Waals surface area contributed by atoms with Crippen molar-refractivity contribution in [1.82, 2.24) is 14.9 Å². The van der Waals surface area contributed by atoms with Crippen LogP contribution in [0.1, 0.15) is 29.1 Å². The third-order valence-electron chi connectivity index (χ3n) is 5.46. The fourth-order valence-electron chi connectivity index (χ4n) is 3.84. The average Bonchev–Trinajstić information content (AvgIpc) is 3.04. The molecule has 0 radical (unpaired) electrons. The molecular weight excluding hydrogens is 412 g/mol. The summed E-state index contributed by atoms with van der Waals surface area (Å²) in [5.74, 6) is 0.407. The van der Waals surface area contributed by atoms with Crippen molar-refractivity contribution >= 4 is 39.1 Å². The molecule has 0 atom stereocenters. The standard InChI is InChI=1S/C22H28N6O2S/c1-12(2)30-16-11-14(28-9-7-27(4)8-10-28)5-6-15(16)18-20-17(25-22(24)26-18)13(3)19(31-20)21(23)29/h5-6,11-12H,7-10H2,1-4H3,(H2,23,29)(H2,24,25,26). The number of aryl methyl sites for hydroxylation is 1. The minimum atomic E-state index is -0.478. The largest absolute Gasteiger partial charge is 0.490 e. The summed E-state index contributed by atoms with van der Waals surface area (Å²) in [7, 11) is 2.14. The van der Waals surface area contributed by atoms with E-state index in [9.17, 15) is 4.79 Å². The number of amides is 1. The van der Waals surface area contributed by atoms with Crippen molar-refractivity contribution < 1.29 is 9.53 Å². The molecule has 0 saturated carbocycles. The summed E-state index contributed by atoms with van der Waals surface area (Å²) in [6.07, 6.45) is -0.0117. The van der Waals surface area contributed by atoms with Gasteiger partial charge in [0.15, 0.2) is 0 Å². The summed E-state index contributed by atoms with van der Waals surface area (Å²) in [5.41, 5.74) is 15.6. The molecule has 0 unspecified atom stereocenters. The van der Waals surface area contributed by atoms with Gasteiger partial charge in [-0.3, -0.25) is 4.79 Å². The number of primary amides is 1. The van der Waals surface area contributed by atoms with Crippen molar-refractivity contribution in [3.05, 3.63) is 28.6 Å². The molecule has 1 aliphatic rings. The van der Waals surface area contributed by atoms with Gasteiger partial charge < -0.3 is 26.0 Å². The van der Waals surface area contributed by atoms with Gasteiger partial charge in [-0.15, -0.1) is 11.3 Å². The van der Waals surface area contributed by atoms with Gasteiger partial charge in [0.05, 0.1) is 26.9 Å². The number of nitrogens with two attached hydrogens (primary N) is 2. The molecule has 1 fully saturated rings. The molecule has 3 heterocycles. The fraction of sp³-hybridized carbons (Fsp3) is 0.409. The van der Waals surface area contributed by atoms with E-state index >= 15 is 0 Å². The number of carbonyl (C=O) groups excluding carboxylic acids is 1. The Morgan fingerprint density at radius 2 is 1.90 bits per heavy atom. The zero-order valence-corrected chi connectivity index (χ0v) is 19.1. The number of benzene rings is 1. The monoisotopic (exact) mass is 440 g/mol. The summed E-state index contributed by atoms with van der Waals surface area (Å²) in [4.78, 5) is 26.0. The molecule has 8 nitrogen and oxygen atoms in total. The van der Waals surface area contributed by atoms with Gasteiger partial charge in [0.25, 0.3) is 5.91 Å². The van der Waals surface area contributed by atoms with Gasteiger partial charge in [0.1, 0.15) is 5.75 Å². The van der Waals surface area contributed by atoms with Crippen LogP contribution in [0.5, 0.6) is 5.75 Å². The van der Waals surface area contributed by atoms with Crippen molar-refractivity contribution in [2.75, 3.05) is 43.9 Å². The Morgan fingerprint density at radius 3 is 2.55 bits per heavy atom. The van der Waals surface area contributed by atoms with E-state index in [0.29, 0.717) is 16.1 Å². The zero-order chi connectivity index (χ0) is 22.3. The summed E-state index contributed by atoms with van der Waals surface area (Å²) in [5, 5.41) is 0. The Labute approximate surface area is 185 Å². The van der Waals surface area contributed by atoms with Crippen LogP contribution >= 0.6 is 11.3 Å². The molecule has 4 N–H and O–H groups in total. The van der Waals surface area contributed by atoms with Crippen LogP contribution in [0.2, 0.25) is 0 Å². The number of nitrogens with zero attached hydrogens (tertiary/aromatic N) is 4. The maximum absolute atomic E-state index is 11.9. The molecule has 164 valence electrons. The SMILES string of the molecule is Cc1c(C(N)=O)sc2c(-c3ccc(N4CCN(C)CC4)cc3OC(C)C)nc(N)nc12. The lowest BCUT2D eigenvalue weighted by Crippen LogP contribution is -2.44. The van der Waals surface area contributed by atoms with Gasteiger partial charge in [0, 0.05) is 43.5 Å². The summed E-state index contributed by atoms with van der Waals surface area (Å²) in [6.45, 7) is 9.80. The van der Waals surface area contributed by atoms with E-state index in [0.717, 1.165) is 53.4 Å². The van der Waals surface area contributed by atoms with Gasteiger partial charge in [-0.05, 0) is 45.5 Å². The molecule has 9 heteroatoms. The van der Waals surface area contributed by atoms with Crippen molar-refractivity contribution in [1.29, 1.82) is 0 Å². The number of fused-ring (bicyclic) bond motifs is 1. The van der Waals surface area contributed by atoms with Crippen molar-refractivity contribution in [3.8, 4) is 17.0 Å². The Morgan fingerprint density at radius 1 is 1.19 bits per heavy atom. The Kier molecular flexibility index (Phi) is 5.72. The van der Waals surface area contributed by atoms with E-state index in [4.69, 9.17) is 16.2 Å². The van der Waals surface area contributed by atoms with Crippen molar-refractivity contribution in [2.45, 2.75) is 26.9 Å². The minimum Gasteiger partial charge on any atom is -0.490 e. The van der Waals surface area contributed by atoms with E-state index in [1.807, 2.05) is 26.8 Å². The number of thiophene rings is 1. The normalized spacial score (nSPS) is 15.1. The van der Waals surface area contributed by atoms with Crippen LogP contribution in [0.4, 0.5) is 11.6 Å². The predicted molar refractivity (Wildman–Crippen MR) is 126 cm³/mol. The second-order valence-corrected chi connectivity index (χ2v) is 9.19. The molecule has 1 amide bonds. The molecular formula is C22H28N6O2S. The molecule has 1 aromatic carbocycles. The number of hydrogen-bond acceptors (Lipinski definition) is 8. The zero-order valence-electron chi connectivity index (χ0n) is 18.3. The number of carbonyl (C=O) groups is 1. The highest BCUT2D eigenvalue weighted by Gasteiger charge is 2.23. The van der Waals surface area contributed by atoms with Crippen LogP contribution in [0.15, 0.2) is 18.2 Å². The highest BCUT2D eigenvalue weighted by atomic mass is 32.1. The predicted octanol–water partition coefficient (Wildman–Crippen LogP) is 2.89. The lowest BCUT2D eigenvalue weighted by Gasteiger charge is -2.34. The lowest BCUT2D eigenvalue weighted by molar-refractivity contribution is 0.100. The molecule has 3 aromatic rings. The summed E-state index contributed by atoms with van der Waals surface area (Å²) < 4.78 is 6.98. The van der Waals surface area contributed by atoms with E-state index in [-0.39, 0.29) is 12.1 Å². The van der Waals surface area contributed by atoms with Gasteiger partial charge >= 0.3 is 0 Å². The third kappa shape index (κ3) is 4.15. The lowest BCUT2D eigenvalue weighted by atomic mass is 10.1. The number of rotatable bonds is 5. The Balaban J connectivity index is 1.86. The van der Waals surface area contributed by atoms with Crippen LogP contribution in [0.3, 0.4) is 0 Å². The Bertz CT molecular complexity index is 1130. The van der Waals surface area contributed by atoms with Gasteiger partial charge in [0.2, 0.25) is 5.95 Å². The average molecular weight is 441 g/mol. The topological polar surface area (TPSA) is 111 Å². The summed E-state index contributed by atoms with van der Waals surface area (Å²) in [6, 6.07) is 6.18. The first-order chi connectivity index (χ1) is 14.7. The first-order valence-corrected chi connectivity index (χ1v) is 11.2. The summed E-state index contributed by atoms with van der Waals surface area (Å²) >= 11 is 1.30. The van der Waals surface area contributed by atoms with Crippen LogP contribution in [-0.2, 0) is 0 Å².